The van der Waals surface area contributed by atoms with Crippen LogP contribution in [0.15, 0.2) is 65.5 Å². The van der Waals surface area contributed by atoms with E-state index in [1.807, 2.05) is 25.1 Å². The molecular formula is C24H25N5O3. The zero-order chi connectivity index (χ0) is 22.9. The lowest BCUT2D eigenvalue weighted by Gasteiger charge is -2.11. The number of benzene rings is 2. The van der Waals surface area contributed by atoms with Crippen LogP contribution in [0.25, 0.3) is 11.3 Å². The summed E-state index contributed by atoms with van der Waals surface area (Å²) in [6, 6.07) is 19.4. The lowest BCUT2D eigenvalue weighted by atomic mass is 10.1. The third kappa shape index (κ3) is 6.52. The van der Waals surface area contributed by atoms with E-state index in [-0.39, 0.29) is 12.1 Å². The predicted molar refractivity (Wildman–Crippen MR) is 122 cm³/mol. The number of nitrogens with zero attached hydrogens (tertiary/aromatic N) is 4. The summed E-state index contributed by atoms with van der Waals surface area (Å²) in [5.74, 6) is 0. The van der Waals surface area contributed by atoms with Crippen molar-refractivity contribution in [3.63, 3.8) is 0 Å². The fraction of sp³-hybridized carbons (Fsp3) is 0.250. The maximum atomic E-state index is 12.3. The van der Waals surface area contributed by atoms with Crippen molar-refractivity contribution < 1.29 is 9.53 Å². The van der Waals surface area contributed by atoms with E-state index in [2.05, 4.69) is 16.5 Å². The van der Waals surface area contributed by atoms with E-state index in [9.17, 15) is 9.59 Å². The molecule has 0 unspecified atom stereocenters. The second-order valence-electron chi connectivity index (χ2n) is 7.52. The van der Waals surface area contributed by atoms with E-state index in [4.69, 9.17) is 10.00 Å². The Kier molecular flexibility index (Phi) is 7.73. The molecule has 164 valence electrons. The highest BCUT2D eigenvalue weighted by molar-refractivity contribution is 5.84. The van der Waals surface area contributed by atoms with Gasteiger partial charge in [-0.3, -0.25) is 10.1 Å². The Hall–Kier alpha value is -3.96. The van der Waals surface area contributed by atoms with Crippen LogP contribution in [0.2, 0.25) is 0 Å². The van der Waals surface area contributed by atoms with Crippen LogP contribution in [-0.4, -0.2) is 48.0 Å². The first-order chi connectivity index (χ1) is 15.4. The van der Waals surface area contributed by atoms with Crippen molar-refractivity contribution in [2.45, 2.75) is 13.0 Å². The zero-order valence-corrected chi connectivity index (χ0v) is 18.1. The summed E-state index contributed by atoms with van der Waals surface area (Å²) < 4.78 is 6.56. The number of hydrogen-bond acceptors (Lipinski definition) is 6. The molecular weight excluding hydrogens is 406 g/mol. The summed E-state index contributed by atoms with van der Waals surface area (Å²) in [4.78, 5) is 26.3. The first kappa shape index (κ1) is 22.7. The second kappa shape index (κ2) is 10.9. The van der Waals surface area contributed by atoms with Crippen molar-refractivity contribution >= 4 is 11.8 Å². The second-order valence-corrected chi connectivity index (χ2v) is 7.52. The van der Waals surface area contributed by atoms with Gasteiger partial charge >= 0.3 is 6.09 Å². The van der Waals surface area contributed by atoms with Crippen LogP contribution in [0.3, 0.4) is 0 Å². The first-order valence-electron chi connectivity index (χ1n) is 10.2. The molecule has 0 aliphatic carbocycles. The fourth-order valence-electron chi connectivity index (χ4n) is 3.05. The van der Waals surface area contributed by atoms with E-state index < -0.39 is 6.09 Å². The van der Waals surface area contributed by atoms with E-state index in [1.165, 1.54) is 10.7 Å². The molecule has 0 saturated carbocycles. The van der Waals surface area contributed by atoms with Crippen LogP contribution in [0, 0.1) is 11.3 Å². The molecule has 2 aromatic carbocycles. The summed E-state index contributed by atoms with van der Waals surface area (Å²) >= 11 is 0. The van der Waals surface area contributed by atoms with Crippen LogP contribution < -0.4 is 10.9 Å². The molecule has 0 aliphatic heterocycles. The molecule has 0 fully saturated rings. The molecule has 8 nitrogen and oxygen atoms in total. The molecule has 0 radical (unpaired) electrons. The van der Waals surface area contributed by atoms with Gasteiger partial charge in [0.25, 0.3) is 5.56 Å². The largest absolute Gasteiger partial charge is 0.449 e. The van der Waals surface area contributed by atoms with E-state index in [1.54, 1.807) is 48.5 Å². The topological polar surface area (TPSA) is 100 Å². The van der Waals surface area contributed by atoms with Crippen molar-refractivity contribution in [1.82, 2.24) is 14.7 Å². The van der Waals surface area contributed by atoms with Gasteiger partial charge in [0, 0.05) is 23.9 Å². The number of rotatable bonds is 8. The van der Waals surface area contributed by atoms with Gasteiger partial charge < -0.3 is 9.64 Å². The lowest BCUT2D eigenvalue weighted by molar-refractivity contribution is 0.156. The van der Waals surface area contributed by atoms with Gasteiger partial charge in [-0.25, -0.2) is 9.48 Å². The summed E-state index contributed by atoms with van der Waals surface area (Å²) in [7, 11) is 3.93. The molecule has 3 rings (SSSR count). The lowest BCUT2D eigenvalue weighted by Crippen LogP contribution is -2.23. The number of carbonyl (C=O) groups excluding carboxylic acids is 1. The zero-order valence-electron chi connectivity index (χ0n) is 18.1. The Morgan fingerprint density at radius 3 is 2.66 bits per heavy atom. The Labute approximate surface area is 186 Å². The number of ether oxygens (including phenoxy) is 1. The quantitative estimate of drug-likeness (QED) is 0.549. The summed E-state index contributed by atoms with van der Waals surface area (Å²) in [5.41, 5.74) is 3.15. The van der Waals surface area contributed by atoms with Crippen LogP contribution in [-0.2, 0) is 11.3 Å². The van der Waals surface area contributed by atoms with Crippen molar-refractivity contribution in [2.75, 3.05) is 32.6 Å². The average molecular weight is 431 g/mol. The highest BCUT2D eigenvalue weighted by atomic mass is 16.5. The van der Waals surface area contributed by atoms with Crippen LogP contribution in [0.5, 0.6) is 0 Å². The highest BCUT2D eigenvalue weighted by Gasteiger charge is 2.07. The number of nitrogens with one attached hydrogen (secondary N) is 1. The molecule has 32 heavy (non-hydrogen) atoms. The van der Waals surface area contributed by atoms with Gasteiger partial charge in [0.2, 0.25) is 0 Å². The number of hydrogen-bond donors (Lipinski definition) is 1. The maximum absolute atomic E-state index is 12.3. The molecule has 8 heteroatoms. The molecule has 3 aromatic rings. The van der Waals surface area contributed by atoms with E-state index in [0.29, 0.717) is 23.6 Å². The van der Waals surface area contributed by atoms with E-state index in [0.717, 1.165) is 24.1 Å². The molecule has 1 aromatic heterocycles. The Morgan fingerprint density at radius 2 is 1.94 bits per heavy atom. The van der Waals surface area contributed by atoms with Crippen LogP contribution in [0.1, 0.15) is 17.5 Å². The molecule has 0 spiro atoms. The minimum atomic E-state index is -0.515. The standard InChI is InChI=1S/C24H25N5O3/c1-28(2)13-4-14-32-24(31)26-21-6-3-5-19(15-21)17-29-23(30)12-11-22(27-29)20-9-7-18(16-25)8-10-20/h3,5-12,15H,4,13-14,17H2,1-2H3,(H,26,31). The SMILES string of the molecule is CN(C)CCCOC(=O)Nc1cccc(Cn2nc(-c3ccc(C#N)cc3)ccc2=O)c1. The minimum absolute atomic E-state index is 0.235. The number of nitriles is 1. The van der Waals surface area contributed by atoms with Crippen molar-refractivity contribution in [3.05, 3.63) is 82.1 Å². The molecule has 0 bridgehead atoms. The number of anilines is 1. The van der Waals surface area contributed by atoms with Gasteiger partial charge in [-0.1, -0.05) is 24.3 Å². The molecule has 0 saturated heterocycles. The van der Waals surface area contributed by atoms with Gasteiger partial charge in [0.05, 0.1) is 30.5 Å². The van der Waals surface area contributed by atoms with Crippen LogP contribution in [0.4, 0.5) is 10.5 Å². The Balaban J connectivity index is 1.67. The third-order valence-corrected chi connectivity index (χ3v) is 4.66. The Bertz CT molecular complexity index is 1160. The number of carbonyl (C=O) groups is 1. The van der Waals surface area contributed by atoms with Gasteiger partial charge in [-0.05, 0) is 56.4 Å². The molecule has 0 atom stereocenters. The summed E-state index contributed by atoms with van der Waals surface area (Å²) in [5, 5.41) is 16.1. The van der Waals surface area contributed by atoms with Gasteiger partial charge in [-0.2, -0.15) is 10.4 Å². The number of aromatic nitrogens is 2. The third-order valence-electron chi connectivity index (χ3n) is 4.66. The van der Waals surface area contributed by atoms with Gasteiger partial charge in [0.1, 0.15) is 0 Å². The van der Waals surface area contributed by atoms with E-state index >= 15 is 0 Å². The maximum Gasteiger partial charge on any atom is 0.411 e. The molecule has 1 N–H and O–H groups in total. The van der Waals surface area contributed by atoms with Gasteiger partial charge in [-0.15, -0.1) is 0 Å². The highest BCUT2D eigenvalue weighted by Crippen LogP contribution is 2.17. The minimum Gasteiger partial charge on any atom is -0.449 e. The fourth-order valence-corrected chi connectivity index (χ4v) is 3.05. The smallest absolute Gasteiger partial charge is 0.411 e. The van der Waals surface area contributed by atoms with Crippen molar-refractivity contribution in [2.24, 2.45) is 0 Å². The number of amides is 1. The monoisotopic (exact) mass is 431 g/mol. The van der Waals surface area contributed by atoms with Crippen molar-refractivity contribution in [1.29, 1.82) is 5.26 Å². The van der Waals surface area contributed by atoms with Crippen LogP contribution >= 0.6 is 0 Å². The first-order valence-corrected chi connectivity index (χ1v) is 10.2. The normalized spacial score (nSPS) is 10.6. The average Bonchev–Trinajstić information content (AvgIpc) is 2.78. The molecule has 1 amide bonds. The molecule has 0 aliphatic rings. The van der Waals surface area contributed by atoms with Gasteiger partial charge in [0.15, 0.2) is 0 Å². The Morgan fingerprint density at radius 1 is 1.16 bits per heavy atom. The predicted octanol–water partition coefficient (Wildman–Crippen LogP) is 3.33. The summed E-state index contributed by atoms with van der Waals surface area (Å²) in [6.45, 7) is 1.42. The van der Waals surface area contributed by atoms with Crippen molar-refractivity contribution in [3.8, 4) is 17.3 Å². The molecule has 1 heterocycles. The summed E-state index contributed by atoms with van der Waals surface area (Å²) in [6.07, 6.45) is 0.240.